The highest BCUT2D eigenvalue weighted by Gasteiger charge is 2.36. The Balaban J connectivity index is 2.44. The van der Waals surface area contributed by atoms with E-state index in [9.17, 15) is 0 Å². The van der Waals surface area contributed by atoms with Gasteiger partial charge in [0.1, 0.15) is 0 Å². The van der Waals surface area contributed by atoms with Crippen LogP contribution in [0.15, 0.2) is 0 Å². The van der Waals surface area contributed by atoms with Crippen molar-refractivity contribution >= 4 is 0 Å². The largest absolute Gasteiger partial charge is 0.374 e. The normalized spacial score (nSPS) is 26.7. The summed E-state index contributed by atoms with van der Waals surface area (Å²) in [6.45, 7) is 13.5. The summed E-state index contributed by atoms with van der Waals surface area (Å²) in [7, 11) is 0. The highest BCUT2D eigenvalue weighted by molar-refractivity contribution is 4.90. The van der Waals surface area contributed by atoms with Crippen molar-refractivity contribution in [2.75, 3.05) is 13.2 Å². The molecule has 0 aromatic carbocycles. The molecule has 2 heteroatoms. The maximum Gasteiger partial charge on any atom is 0.0806 e. The van der Waals surface area contributed by atoms with Gasteiger partial charge in [0.25, 0.3) is 0 Å². The predicted octanol–water partition coefficient (Wildman–Crippen LogP) is 5.17. The SMILES string of the molecule is CCCCCCOC1(CNC(C)C)CCC(C(C)C)CC1. The van der Waals surface area contributed by atoms with Gasteiger partial charge in [-0.05, 0) is 43.9 Å². The van der Waals surface area contributed by atoms with Crippen LogP contribution in [-0.4, -0.2) is 24.8 Å². The Kier molecular flexibility index (Phi) is 8.89. The monoisotopic (exact) mass is 297 g/mol. The lowest BCUT2D eigenvalue weighted by molar-refractivity contribution is -0.0814. The average molecular weight is 298 g/mol. The minimum Gasteiger partial charge on any atom is -0.374 e. The summed E-state index contributed by atoms with van der Waals surface area (Å²) in [4.78, 5) is 0. The number of ether oxygens (including phenoxy) is 1. The highest BCUT2D eigenvalue weighted by atomic mass is 16.5. The third kappa shape index (κ3) is 7.15. The fourth-order valence-electron chi connectivity index (χ4n) is 3.41. The number of nitrogens with one attached hydrogen (secondary N) is 1. The van der Waals surface area contributed by atoms with Crippen molar-refractivity contribution < 1.29 is 4.74 Å². The fourth-order valence-corrected chi connectivity index (χ4v) is 3.41. The van der Waals surface area contributed by atoms with Crippen LogP contribution < -0.4 is 5.32 Å². The molecule has 1 fully saturated rings. The molecule has 0 atom stereocenters. The zero-order valence-corrected chi connectivity index (χ0v) is 15.2. The molecule has 2 nitrogen and oxygen atoms in total. The Bertz CT molecular complexity index is 254. The van der Waals surface area contributed by atoms with Crippen molar-refractivity contribution in [3.05, 3.63) is 0 Å². The molecule has 1 rings (SSSR count). The molecule has 0 saturated heterocycles. The van der Waals surface area contributed by atoms with E-state index in [1.807, 2.05) is 0 Å². The summed E-state index contributed by atoms with van der Waals surface area (Å²) < 4.78 is 6.43. The van der Waals surface area contributed by atoms with E-state index >= 15 is 0 Å². The van der Waals surface area contributed by atoms with Gasteiger partial charge in [-0.1, -0.05) is 53.9 Å². The molecular formula is C19H39NO. The van der Waals surface area contributed by atoms with Crippen LogP contribution in [-0.2, 0) is 4.74 Å². The molecule has 0 aromatic heterocycles. The molecule has 1 saturated carbocycles. The summed E-state index contributed by atoms with van der Waals surface area (Å²) in [5.41, 5.74) is 0.113. The van der Waals surface area contributed by atoms with Crippen molar-refractivity contribution in [3.63, 3.8) is 0 Å². The van der Waals surface area contributed by atoms with E-state index in [1.54, 1.807) is 0 Å². The Morgan fingerprint density at radius 1 is 1.05 bits per heavy atom. The van der Waals surface area contributed by atoms with Crippen LogP contribution in [0.1, 0.15) is 86.0 Å². The van der Waals surface area contributed by atoms with Crippen molar-refractivity contribution in [2.24, 2.45) is 11.8 Å². The molecule has 21 heavy (non-hydrogen) atoms. The number of hydrogen-bond donors (Lipinski definition) is 1. The summed E-state index contributed by atoms with van der Waals surface area (Å²) in [5.74, 6) is 1.73. The first-order valence-electron chi connectivity index (χ1n) is 9.36. The van der Waals surface area contributed by atoms with E-state index < -0.39 is 0 Å². The zero-order chi connectivity index (χ0) is 15.7. The smallest absolute Gasteiger partial charge is 0.0806 e. The van der Waals surface area contributed by atoms with Gasteiger partial charge in [-0.2, -0.15) is 0 Å². The Morgan fingerprint density at radius 3 is 2.24 bits per heavy atom. The van der Waals surface area contributed by atoms with Crippen LogP contribution in [0.25, 0.3) is 0 Å². The van der Waals surface area contributed by atoms with Gasteiger partial charge >= 0.3 is 0 Å². The third-order valence-electron chi connectivity index (χ3n) is 5.12. The van der Waals surface area contributed by atoms with Crippen LogP contribution in [0.5, 0.6) is 0 Å². The summed E-state index contributed by atoms with van der Waals surface area (Å²) in [6.07, 6.45) is 10.3. The third-order valence-corrected chi connectivity index (χ3v) is 5.12. The predicted molar refractivity (Wildman–Crippen MR) is 92.8 cm³/mol. The van der Waals surface area contributed by atoms with E-state index in [-0.39, 0.29) is 5.60 Å². The van der Waals surface area contributed by atoms with E-state index in [0.29, 0.717) is 6.04 Å². The lowest BCUT2D eigenvalue weighted by Gasteiger charge is -2.42. The van der Waals surface area contributed by atoms with E-state index in [4.69, 9.17) is 4.74 Å². The molecule has 0 aromatic rings. The summed E-state index contributed by atoms with van der Waals surface area (Å²) in [5, 5.41) is 3.63. The molecule has 0 unspecified atom stereocenters. The molecule has 0 amide bonds. The quantitative estimate of drug-likeness (QED) is 0.562. The lowest BCUT2D eigenvalue weighted by Crippen LogP contribution is -2.48. The van der Waals surface area contributed by atoms with Crippen LogP contribution in [0.2, 0.25) is 0 Å². The zero-order valence-electron chi connectivity index (χ0n) is 15.2. The highest BCUT2D eigenvalue weighted by Crippen LogP contribution is 2.38. The standard InChI is InChI=1S/C19H39NO/c1-6-7-8-9-14-21-19(15-20-17(4)5)12-10-18(11-13-19)16(2)3/h16-18,20H,6-15H2,1-5H3. The molecule has 1 N–H and O–H groups in total. The molecule has 0 aliphatic heterocycles. The summed E-state index contributed by atoms with van der Waals surface area (Å²) in [6, 6.07) is 0.549. The second-order valence-electron chi connectivity index (χ2n) is 7.71. The molecule has 126 valence electrons. The lowest BCUT2D eigenvalue weighted by atomic mass is 9.74. The fraction of sp³-hybridized carbons (Fsp3) is 1.00. The van der Waals surface area contributed by atoms with E-state index in [2.05, 4.69) is 39.9 Å². The topological polar surface area (TPSA) is 21.3 Å². The average Bonchev–Trinajstić information content (AvgIpc) is 2.45. The Hall–Kier alpha value is -0.0800. The van der Waals surface area contributed by atoms with Gasteiger partial charge in [0.15, 0.2) is 0 Å². The second-order valence-corrected chi connectivity index (χ2v) is 7.71. The molecule has 0 radical (unpaired) electrons. The molecule has 1 aliphatic carbocycles. The van der Waals surface area contributed by atoms with Crippen molar-refractivity contribution in [1.29, 1.82) is 0 Å². The van der Waals surface area contributed by atoms with Crippen LogP contribution in [0.4, 0.5) is 0 Å². The molecule has 0 heterocycles. The van der Waals surface area contributed by atoms with Crippen molar-refractivity contribution in [1.82, 2.24) is 5.32 Å². The van der Waals surface area contributed by atoms with Gasteiger partial charge in [-0.3, -0.25) is 0 Å². The second kappa shape index (κ2) is 9.84. The van der Waals surface area contributed by atoms with Gasteiger partial charge in [-0.25, -0.2) is 0 Å². The first-order chi connectivity index (χ1) is 9.99. The van der Waals surface area contributed by atoms with Crippen LogP contribution in [0.3, 0.4) is 0 Å². The molecular weight excluding hydrogens is 258 g/mol. The van der Waals surface area contributed by atoms with Gasteiger partial charge in [0.2, 0.25) is 0 Å². The molecule has 0 bridgehead atoms. The first-order valence-corrected chi connectivity index (χ1v) is 9.36. The number of rotatable bonds is 10. The van der Waals surface area contributed by atoms with Crippen molar-refractivity contribution in [3.8, 4) is 0 Å². The molecule has 1 aliphatic rings. The van der Waals surface area contributed by atoms with Crippen LogP contribution >= 0.6 is 0 Å². The Labute approximate surface area is 133 Å². The van der Waals surface area contributed by atoms with Gasteiger partial charge in [0, 0.05) is 19.2 Å². The van der Waals surface area contributed by atoms with Gasteiger partial charge < -0.3 is 10.1 Å². The summed E-state index contributed by atoms with van der Waals surface area (Å²) >= 11 is 0. The van der Waals surface area contributed by atoms with E-state index in [0.717, 1.165) is 25.0 Å². The van der Waals surface area contributed by atoms with Crippen molar-refractivity contribution in [2.45, 2.75) is 97.6 Å². The van der Waals surface area contributed by atoms with Gasteiger partial charge in [0.05, 0.1) is 5.60 Å². The maximum absolute atomic E-state index is 6.43. The maximum atomic E-state index is 6.43. The first kappa shape index (κ1) is 19.0. The Morgan fingerprint density at radius 2 is 1.71 bits per heavy atom. The van der Waals surface area contributed by atoms with E-state index in [1.165, 1.54) is 51.4 Å². The number of unbranched alkanes of at least 4 members (excludes halogenated alkanes) is 3. The number of hydrogen-bond acceptors (Lipinski definition) is 2. The minimum atomic E-state index is 0.113. The minimum absolute atomic E-state index is 0.113. The van der Waals surface area contributed by atoms with Gasteiger partial charge in [-0.15, -0.1) is 0 Å². The van der Waals surface area contributed by atoms with Crippen LogP contribution in [0, 0.1) is 11.8 Å². The molecule has 0 spiro atoms.